The summed E-state index contributed by atoms with van der Waals surface area (Å²) in [6.45, 7) is 4.14. The van der Waals surface area contributed by atoms with Gasteiger partial charge in [0.2, 0.25) is 0 Å². The summed E-state index contributed by atoms with van der Waals surface area (Å²) in [5.41, 5.74) is 2.82. The van der Waals surface area contributed by atoms with Crippen LogP contribution < -0.4 is 25.4 Å². The number of benzene rings is 2. The summed E-state index contributed by atoms with van der Waals surface area (Å²) >= 11 is 0. The van der Waals surface area contributed by atoms with Crippen molar-refractivity contribution >= 4 is 11.9 Å². The van der Waals surface area contributed by atoms with Crippen molar-refractivity contribution < 1.29 is 14.3 Å². The molecule has 3 N–H and O–H groups in total. The molecule has 162 valence electrons. The van der Waals surface area contributed by atoms with E-state index in [1.807, 2.05) is 49.4 Å². The lowest BCUT2D eigenvalue weighted by Crippen LogP contribution is -2.38. The first-order valence-electron chi connectivity index (χ1n) is 10.1. The number of ether oxygens (including phenoxy) is 2. The Morgan fingerprint density at radius 2 is 1.87 bits per heavy atom. The number of carbonyl (C=O) groups excluding carboxylic acids is 1. The van der Waals surface area contributed by atoms with Gasteiger partial charge in [-0.1, -0.05) is 12.1 Å². The van der Waals surface area contributed by atoms with Crippen LogP contribution in [0.15, 0.2) is 47.5 Å². The molecule has 0 aliphatic rings. The quantitative estimate of drug-likeness (QED) is 0.412. The Morgan fingerprint density at radius 1 is 1.03 bits per heavy atom. The summed E-state index contributed by atoms with van der Waals surface area (Å²) in [5, 5.41) is 9.27. The van der Waals surface area contributed by atoms with E-state index in [1.165, 1.54) is 0 Å². The number of nitrogens with zero attached hydrogens (tertiary/aromatic N) is 1. The van der Waals surface area contributed by atoms with Crippen molar-refractivity contribution in [2.24, 2.45) is 4.99 Å². The topological polar surface area (TPSA) is 84.0 Å². The average Bonchev–Trinajstić information content (AvgIpc) is 2.78. The molecule has 0 heterocycles. The highest BCUT2D eigenvalue weighted by molar-refractivity contribution is 5.94. The molecule has 1 amide bonds. The van der Waals surface area contributed by atoms with Crippen LogP contribution in [0.25, 0.3) is 0 Å². The molecule has 2 rings (SSSR count). The van der Waals surface area contributed by atoms with Crippen molar-refractivity contribution in [1.29, 1.82) is 0 Å². The molecule has 2 aromatic carbocycles. The lowest BCUT2D eigenvalue weighted by Gasteiger charge is -2.13. The molecular formula is C23H32N4O3. The number of rotatable bonds is 10. The molecule has 0 saturated heterocycles. The Morgan fingerprint density at radius 3 is 2.57 bits per heavy atom. The second-order valence-corrected chi connectivity index (χ2v) is 6.64. The van der Waals surface area contributed by atoms with Crippen molar-refractivity contribution in [3.05, 3.63) is 59.2 Å². The number of amides is 1. The predicted octanol–water partition coefficient (Wildman–Crippen LogP) is 2.40. The Hall–Kier alpha value is -3.22. The maximum absolute atomic E-state index is 11.8. The second kappa shape index (κ2) is 12.4. The van der Waals surface area contributed by atoms with Crippen molar-refractivity contribution in [2.45, 2.75) is 19.8 Å². The molecular weight excluding hydrogens is 380 g/mol. The van der Waals surface area contributed by atoms with Crippen LogP contribution >= 0.6 is 0 Å². The first-order valence-corrected chi connectivity index (χ1v) is 10.1. The van der Waals surface area contributed by atoms with Gasteiger partial charge in [0, 0.05) is 32.2 Å². The number of hydrogen-bond acceptors (Lipinski definition) is 4. The normalized spacial score (nSPS) is 11.0. The first kappa shape index (κ1) is 23.1. The average molecular weight is 413 g/mol. The van der Waals surface area contributed by atoms with Gasteiger partial charge in [-0.3, -0.25) is 9.79 Å². The van der Waals surface area contributed by atoms with Gasteiger partial charge in [-0.2, -0.15) is 0 Å². The highest BCUT2D eigenvalue weighted by atomic mass is 16.5. The molecule has 0 fully saturated rings. The van der Waals surface area contributed by atoms with E-state index in [4.69, 9.17) is 9.47 Å². The standard InChI is InChI=1S/C23H32N4O3/c1-5-25-23(26-13-11-17-7-6-8-19(15-17)22(28)24-2)27-14-12-18-16-20(29-3)9-10-21(18)30-4/h6-10,15-16H,5,11-14H2,1-4H3,(H,24,28)(H2,25,26,27). The van der Waals surface area contributed by atoms with Crippen molar-refractivity contribution in [3.8, 4) is 11.5 Å². The van der Waals surface area contributed by atoms with E-state index in [9.17, 15) is 4.79 Å². The zero-order valence-corrected chi connectivity index (χ0v) is 18.2. The van der Waals surface area contributed by atoms with Gasteiger partial charge in [0.1, 0.15) is 11.5 Å². The summed E-state index contributed by atoms with van der Waals surface area (Å²) in [6.07, 6.45) is 1.53. The molecule has 0 bridgehead atoms. The van der Waals surface area contributed by atoms with Gasteiger partial charge in [-0.25, -0.2) is 0 Å². The van der Waals surface area contributed by atoms with Crippen LogP contribution in [0.1, 0.15) is 28.4 Å². The Balaban J connectivity index is 1.93. The molecule has 0 aliphatic carbocycles. The van der Waals surface area contributed by atoms with Crippen LogP contribution in [-0.4, -0.2) is 52.8 Å². The van der Waals surface area contributed by atoms with Crippen LogP contribution in [-0.2, 0) is 12.8 Å². The fourth-order valence-electron chi connectivity index (χ4n) is 3.04. The summed E-state index contributed by atoms with van der Waals surface area (Å²) < 4.78 is 10.7. The number of carbonyl (C=O) groups is 1. The molecule has 7 nitrogen and oxygen atoms in total. The molecule has 0 unspecified atom stereocenters. The lowest BCUT2D eigenvalue weighted by molar-refractivity contribution is 0.0963. The third kappa shape index (κ3) is 6.99. The molecule has 0 radical (unpaired) electrons. The summed E-state index contributed by atoms with van der Waals surface area (Å²) in [6, 6.07) is 13.4. The molecule has 30 heavy (non-hydrogen) atoms. The van der Waals surface area contributed by atoms with Gasteiger partial charge in [0.25, 0.3) is 5.91 Å². The number of aliphatic imine (C=N–C) groups is 1. The number of guanidine groups is 1. The van der Waals surface area contributed by atoms with E-state index in [2.05, 4.69) is 20.9 Å². The van der Waals surface area contributed by atoms with E-state index in [1.54, 1.807) is 21.3 Å². The van der Waals surface area contributed by atoms with Gasteiger partial charge in [-0.05, 0) is 61.2 Å². The molecule has 0 aromatic heterocycles. The molecule has 0 aliphatic heterocycles. The SMILES string of the molecule is CCNC(=NCCc1cc(OC)ccc1OC)NCCc1cccc(C(=O)NC)c1. The maximum atomic E-state index is 11.8. The van der Waals surface area contributed by atoms with Crippen LogP contribution in [0.5, 0.6) is 11.5 Å². The van der Waals surface area contributed by atoms with Crippen molar-refractivity contribution in [1.82, 2.24) is 16.0 Å². The van der Waals surface area contributed by atoms with E-state index < -0.39 is 0 Å². The zero-order valence-electron chi connectivity index (χ0n) is 18.2. The largest absolute Gasteiger partial charge is 0.497 e. The molecule has 7 heteroatoms. The smallest absolute Gasteiger partial charge is 0.251 e. The number of hydrogen-bond donors (Lipinski definition) is 3. The maximum Gasteiger partial charge on any atom is 0.251 e. The molecule has 2 aromatic rings. The van der Waals surface area contributed by atoms with Crippen LogP contribution in [0, 0.1) is 0 Å². The number of methoxy groups -OCH3 is 2. The molecule has 0 spiro atoms. The molecule has 0 saturated carbocycles. The van der Waals surface area contributed by atoms with E-state index in [0.29, 0.717) is 18.7 Å². The Labute approximate surface area is 178 Å². The summed E-state index contributed by atoms with van der Waals surface area (Å²) in [7, 11) is 4.96. The fourth-order valence-corrected chi connectivity index (χ4v) is 3.04. The number of nitrogens with one attached hydrogen (secondary N) is 3. The van der Waals surface area contributed by atoms with Crippen LogP contribution in [0.4, 0.5) is 0 Å². The van der Waals surface area contributed by atoms with Crippen molar-refractivity contribution in [2.75, 3.05) is 40.9 Å². The van der Waals surface area contributed by atoms with E-state index >= 15 is 0 Å². The van der Waals surface area contributed by atoms with Gasteiger partial charge >= 0.3 is 0 Å². The third-order valence-corrected chi connectivity index (χ3v) is 4.61. The summed E-state index contributed by atoms with van der Waals surface area (Å²) in [5.74, 6) is 2.33. The molecule has 0 atom stereocenters. The zero-order chi connectivity index (χ0) is 21.8. The van der Waals surface area contributed by atoms with E-state index in [0.717, 1.165) is 48.0 Å². The van der Waals surface area contributed by atoms with Crippen LogP contribution in [0.2, 0.25) is 0 Å². The van der Waals surface area contributed by atoms with Crippen LogP contribution in [0.3, 0.4) is 0 Å². The summed E-state index contributed by atoms with van der Waals surface area (Å²) in [4.78, 5) is 16.4. The highest BCUT2D eigenvalue weighted by Crippen LogP contribution is 2.24. The van der Waals surface area contributed by atoms with E-state index in [-0.39, 0.29) is 5.91 Å². The predicted molar refractivity (Wildman–Crippen MR) is 121 cm³/mol. The van der Waals surface area contributed by atoms with Gasteiger partial charge in [0.05, 0.1) is 14.2 Å². The minimum atomic E-state index is -0.0762. The Bertz CT molecular complexity index is 852. The third-order valence-electron chi connectivity index (χ3n) is 4.61. The minimum Gasteiger partial charge on any atom is -0.497 e. The Kier molecular flexibility index (Phi) is 9.51. The van der Waals surface area contributed by atoms with Gasteiger partial charge in [-0.15, -0.1) is 0 Å². The lowest BCUT2D eigenvalue weighted by atomic mass is 10.1. The highest BCUT2D eigenvalue weighted by Gasteiger charge is 2.06. The first-order chi connectivity index (χ1) is 14.6. The van der Waals surface area contributed by atoms with Crippen molar-refractivity contribution in [3.63, 3.8) is 0 Å². The minimum absolute atomic E-state index is 0.0762. The second-order valence-electron chi connectivity index (χ2n) is 6.64. The van der Waals surface area contributed by atoms with Gasteiger partial charge in [0.15, 0.2) is 5.96 Å². The van der Waals surface area contributed by atoms with Gasteiger partial charge < -0.3 is 25.4 Å². The monoisotopic (exact) mass is 412 g/mol. The fraction of sp³-hybridized carbons (Fsp3) is 0.391.